The smallest absolute Gasteiger partial charge is 0.214 e. The van der Waals surface area contributed by atoms with E-state index in [9.17, 15) is 9.59 Å². The molecule has 3 nitrogen and oxygen atoms in total. The fourth-order valence-corrected chi connectivity index (χ4v) is 2.40. The van der Waals surface area contributed by atoms with Crippen LogP contribution in [0, 0.1) is 0 Å². The average molecular weight is 261 g/mol. The summed E-state index contributed by atoms with van der Waals surface area (Å²) < 4.78 is 0. The van der Waals surface area contributed by atoms with Gasteiger partial charge in [-0.25, -0.2) is 0 Å². The van der Waals surface area contributed by atoms with Gasteiger partial charge in [-0.15, -0.1) is 0 Å². The van der Waals surface area contributed by atoms with E-state index in [2.05, 4.69) is 11.5 Å². The molecule has 0 spiro atoms. The number of carbonyl (C=O) groups is 2. The van der Waals surface area contributed by atoms with Gasteiger partial charge in [0.15, 0.2) is 5.12 Å². The van der Waals surface area contributed by atoms with Gasteiger partial charge < -0.3 is 4.90 Å². The fourth-order valence-electron chi connectivity index (χ4n) is 0.874. The first-order valence-electron chi connectivity index (χ1n) is 5.08. The van der Waals surface area contributed by atoms with Crippen molar-refractivity contribution in [1.82, 2.24) is 4.90 Å². The molecule has 0 saturated carbocycles. The van der Waals surface area contributed by atoms with Crippen molar-refractivity contribution in [3.05, 3.63) is 12.2 Å². The molecule has 0 aliphatic carbocycles. The molecule has 0 amide bonds. The molecule has 0 aliphatic heterocycles. The highest BCUT2D eigenvalue weighted by atomic mass is 32.2. The van der Waals surface area contributed by atoms with Crippen LogP contribution in [0.15, 0.2) is 12.2 Å². The van der Waals surface area contributed by atoms with Crippen LogP contribution in [-0.2, 0) is 9.59 Å². The Morgan fingerprint density at radius 2 is 1.62 bits per heavy atom. The molecular weight excluding hydrogens is 242 g/mol. The second-order valence-electron chi connectivity index (χ2n) is 3.56. The van der Waals surface area contributed by atoms with E-state index in [4.69, 9.17) is 0 Å². The van der Waals surface area contributed by atoms with Gasteiger partial charge in [0, 0.05) is 31.5 Å². The van der Waals surface area contributed by atoms with E-state index >= 15 is 0 Å². The molecule has 0 bridgehead atoms. The van der Waals surface area contributed by atoms with Crippen molar-refractivity contribution in [1.29, 1.82) is 0 Å². The predicted octanol–water partition coefficient (Wildman–Crippen LogP) is 2.03. The van der Waals surface area contributed by atoms with Crippen LogP contribution in [0.2, 0.25) is 0 Å². The van der Waals surface area contributed by atoms with Crippen molar-refractivity contribution >= 4 is 33.8 Å². The molecule has 0 aromatic heterocycles. The molecule has 0 rings (SSSR count). The van der Waals surface area contributed by atoms with E-state index in [1.165, 1.54) is 23.5 Å². The zero-order chi connectivity index (χ0) is 12.6. The van der Waals surface area contributed by atoms with Crippen LogP contribution in [0.4, 0.5) is 0 Å². The van der Waals surface area contributed by atoms with Crippen LogP contribution >= 0.6 is 23.5 Å². The summed E-state index contributed by atoms with van der Waals surface area (Å²) >= 11 is 2.63. The average Bonchev–Trinajstić information content (AvgIpc) is 2.16. The lowest BCUT2D eigenvalue weighted by Gasteiger charge is -2.14. The molecule has 0 unspecified atom stereocenters. The van der Waals surface area contributed by atoms with Crippen molar-refractivity contribution in [3.8, 4) is 0 Å². The number of rotatable bonds is 7. The van der Waals surface area contributed by atoms with Crippen LogP contribution in [0.5, 0.6) is 0 Å². The standard InChI is InChI=1S/C11H19NO2S2/c1-9(2)11(14)16-8-6-12(4)5-7-15-10(3)13/h1,5-8H2,2-4H3. The summed E-state index contributed by atoms with van der Waals surface area (Å²) in [6.07, 6.45) is 0. The second-order valence-corrected chi connectivity index (χ2v) is 5.90. The van der Waals surface area contributed by atoms with Crippen LogP contribution in [0.3, 0.4) is 0 Å². The summed E-state index contributed by atoms with van der Waals surface area (Å²) in [6.45, 7) is 8.61. The van der Waals surface area contributed by atoms with Crippen LogP contribution < -0.4 is 0 Å². The van der Waals surface area contributed by atoms with Gasteiger partial charge in [0.2, 0.25) is 5.12 Å². The van der Waals surface area contributed by atoms with Gasteiger partial charge in [0.25, 0.3) is 0 Å². The second kappa shape index (κ2) is 8.84. The van der Waals surface area contributed by atoms with E-state index in [-0.39, 0.29) is 10.2 Å². The summed E-state index contributed by atoms with van der Waals surface area (Å²) in [4.78, 5) is 24.0. The highest BCUT2D eigenvalue weighted by Gasteiger charge is 2.04. The topological polar surface area (TPSA) is 37.4 Å². The normalized spacial score (nSPS) is 10.5. The quantitative estimate of drug-likeness (QED) is 0.656. The summed E-state index contributed by atoms with van der Waals surface area (Å²) in [5.41, 5.74) is 0.597. The minimum absolute atomic E-state index is 0.0616. The monoisotopic (exact) mass is 261 g/mol. The van der Waals surface area contributed by atoms with Crippen LogP contribution in [-0.4, -0.2) is 46.8 Å². The van der Waals surface area contributed by atoms with Gasteiger partial charge in [-0.05, 0) is 19.5 Å². The number of nitrogens with zero attached hydrogens (tertiary/aromatic N) is 1. The van der Waals surface area contributed by atoms with E-state index in [0.717, 1.165) is 24.6 Å². The third-order valence-electron chi connectivity index (χ3n) is 1.83. The van der Waals surface area contributed by atoms with Crippen LogP contribution in [0.25, 0.3) is 0 Å². The number of hydrogen-bond acceptors (Lipinski definition) is 5. The van der Waals surface area contributed by atoms with Crippen molar-refractivity contribution < 1.29 is 9.59 Å². The maximum atomic E-state index is 11.2. The third kappa shape index (κ3) is 9.00. The van der Waals surface area contributed by atoms with E-state index < -0.39 is 0 Å². The zero-order valence-corrected chi connectivity index (χ0v) is 11.7. The molecule has 0 aromatic rings. The van der Waals surface area contributed by atoms with Gasteiger partial charge in [0.05, 0.1) is 0 Å². The van der Waals surface area contributed by atoms with Gasteiger partial charge in [-0.2, -0.15) is 0 Å². The molecule has 0 radical (unpaired) electrons. The summed E-state index contributed by atoms with van der Waals surface area (Å²) in [5, 5.41) is 0.215. The number of hydrogen-bond donors (Lipinski definition) is 0. The molecule has 0 aromatic carbocycles. The lowest BCUT2D eigenvalue weighted by atomic mass is 10.4. The highest BCUT2D eigenvalue weighted by molar-refractivity contribution is 8.14. The Morgan fingerprint density at radius 1 is 1.12 bits per heavy atom. The minimum Gasteiger partial charge on any atom is -0.305 e. The lowest BCUT2D eigenvalue weighted by molar-refractivity contribution is -0.109. The van der Waals surface area contributed by atoms with Crippen molar-refractivity contribution in [2.75, 3.05) is 31.6 Å². The SMILES string of the molecule is C=C(C)C(=O)SCCN(C)CCSC(C)=O. The summed E-state index contributed by atoms with van der Waals surface area (Å²) in [6, 6.07) is 0. The predicted molar refractivity (Wildman–Crippen MR) is 72.9 cm³/mol. The Balaban J connectivity index is 3.50. The lowest BCUT2D eigenvalue weighted by Crippen LogP contribution is -2.24. The molecule has 0 atom stereocenters. The van der Waals surface area contributed by atoms with Crippen molar-refractivity contribution in [3.63, 3.8) is 0 Å². The van der Waals surface area contributed by atoms with Gasteiger partial charge in [-0.3, -0.25) is 9.59 Å². The molecule has 16 heavy (non-hydrogen) atoms. The maximum Gasteiger partial charge on any atom is 0.214 e. The number of carbonyl (C=O) groups excluding carboxylic acids is 2. The largest absolute Gasteiger partial charge is 0.305 e. The highest BCUT2D eigenvalue weighted by Crippen LogP contribution is 2.08. The van der Waals surface area contributed by atoms with E-state index in [1.807, 2.05) is 7.05 Å². The third-order valence-corrected chi connectivity index (χ3v) is 3.62. The Hall–Kier alpha value is -0.260. The van der Waals surface area contributed by atoms with E-state index in [0.29, 0.717) is 5.57 Å². The molecular formula is C11H19NO2S2. The Morgan fingerprint density at radius 3 is 2.06 bits per heavy atom. The van der Waals surface area contributed by atoms with Crippen molar-refractivity contribution in [2.24, 2.45) is 0 Å². The van der Waals surface area contributed by atoms with Gasteiger partial charge in [0.1, 0.15) is 0 Å². The zero-order valence-electron chi connectivity index (χ0n) is 10.1. The van der Waals surface area contributed by atoms with Crippen molar-refractivity contribution in [2.45, 2.75) is 13.8 Å². The summed E-state index contributed by atoms with van der Waals surface area (Å²) in [5.74, 6) is 1.58. The fraction of sp³-hybridized carbons (Fsp3) is 0.636. The Kier molecular flexibility index (Phi) is 8.70. The molecule has 0 aliphatic rings. The minimum atomic E-state index is 0.0616. The molecule has 92 valence electrons. The number of thioether (sulfide) groups is 2. The van der Waals surface area contributed by atoms with Crippen LogP contribution in [0.1, 0.15) is 13.8 Å². The molecule has 0 heterocycles. The first-order chi connectivity index (χ1) is 7.43. The first-order valence-corrected chi connectivity index (χ1v) is 7.05. The van der Waals surface area contributed by atoms with E-state index in [1.54, 1.807) is 13.8 Å². The molecule has 0 N–H and O–H groups in total. The van der Waals surface area contributed by atoms with Gasteiger partial charge >= 0.3 is 0 Å². The molecule has 0 saturated heterocycles. The molecule has 0 fully saturated rings. The summed E-state index contributed by atoms with van der Waals surface area (Å²) in [7, 11) is 1.99. The Labute approximate surface area is 106 Å². The first kappa shape index (κ1) is 15.7. The maximum absolute atomic E-state index is 11.2. The Bertz CT molecular complexity index is 267. The molecule has 5 heteroatoms. The van der Waals surface area contributed by atoms with Gasteiger partial charge in [-0.1, -0.05) is 30.1 Å².